The molecule has 0 fully saturated rings. The number of thioether (sulfide) groups is 1. The molecule has 9 heteroatoms. The van der Waals surface area contributed by atoms with E-state index in [0.29, 0.717) is 30.8 Å². The molecule has 0 aromatic heterocycles. The van der Waals surface area contributed by atoms with Crippen LogP contribution in [0.1, 0.15) is 18.9 Å². The molecule has 6 nitrogen and oxygen atoms in total. The zero-order chi connectivity index (χ0) is 19.3. The number of benzene rings is 1. The highest BCUT2D eigenvalue weighted by atomic mass is 32.2. The van der Waals surface area contributed by atoms with E-state index in [4.69, 9.17) is 4.74 Å². The molecule has 2 rings (SSSR count). The molecule has 0 bridgehead atoms. The van der Waals surface area contributed by atoms with Gasteiger partial charge in [0.1, 0.15) is 0 Å². The van der Waals surface area contributed by atoms with Crippen molar-refractivity contribution in [3.63, 3.8) is 0 Å². The van der Waals surface area contributed by atoms with Crippen LogP contribution >= 0.6 is 11.8 Å². The Labute approximate surface area is 156 Å². The van der Waals surface area contributed by atoms with Crippen molar-refractivity contribution in [2.45, 2.75) is 25.2 Å². The molecular formula is C17H23F2N3O3S. The fraction of sp³-hybridized carbons (Fsp3) is 0.529. The number of amides is 1. The van der Waals surface area contributed by atoms with Crippen molar-refractivity contribution in [3.05, 3.63) is 23.8 Å². The number of carbonyl (C=O) groups is 1. The molecule has 1 aliphatic heterocycles. The molecule has 0 N–H and O–H groups in total. The number of likely N-dealkylation sites (N-methyl/N-ethyl adjacent to an activating group) is 1. The van der Waals surface area contributed by atoms with E-state index >= 15 is 0 Å². The summed E-state index contributed by atoms with van der Waals surface area (Å²) in [6.45, 7) is 0.120. The largest absolute Gasteiger partial charge is 0.493 e. The first-order valence-corrected chi connectivity index (χ1v) is 9.08. The van der Waals surface area contributed by atoms with Gasteiger partial charge < -0.3 is 14.4 Å². The van der Waals surface area contributed by atoms with Crippen LogP contribution in [0.2, 0.25) is 0 Å². The average Bonchev–Trinajstić information content (AvgIpc) is 2.59. The van der Waals surface area contributed by atoms with Crippen LogP contribution in [0, 0.1) is 0 Å². The minimum absolute atomic E-state index is 0.0562. The maximum Gasteiger partial charge on any atom is 0.387 e. The molecule has 0 saturated carbocycles. The Balaban J connectivity index is 2.38. The number of methoxy groups -OCH3 is 1. The third kappa shape index (κ3) is 5.07. The first-order chi connectivity index (χ1) is 12.3. The van der Waals surface area contributed by atoms with Gasteiger partial charge in [-0.1, -0.05) is 18.7 Å². The Morgan fingerprint density at radius 3 is 2.65 bits per heavy atom. The highest BCUT2D eigenvalue weighted by molar-refractivity contribution is 8.14. The van der Waals surface area contributed by atoms with Gasteiger partial charge in [-0.3, -0.25) is 4.79 Å². The third-order valence-electron chi connectivity index (χ3n) is 3.79. The van der Waals surface area contributed by atoms with Crippen LogP contribution in [0.4, 0.5) is 13.6 Å². The smallest absolute Gasteiger partial charge is 0.387 e. The summed E-state index contributed by atoms with van der Waals surface area (Å²) in [6, 6.07) is 4.78. The number of nitrogens with zero attached hydrogens (tertiary/aromatic N) is 3. The SMILES string of the molecule is CCC1SC(=O)N(CCN(C)C)N=C1c1ccc(OC)c(OC(F)F)c1. The summed E-state index contributed by atoms with van der Waals surface area (Å²) >= 11 is 1.20. The lowest BCUT2D eigenvalue weighted by Crippen LogP contribution is -2.38. The first-order valence-electron chi connectivity index (χ1n) is 8.20. The van der Waals surface area contributed by atoms with Gasteiger partial charge in [-0.15, -0.1) is 0 Å². The Morgan fingerprint density at radius 1 is 1.35 bits per heavy atom. The predicted octanol–water partition coefficient (Wildman–Crippen LogP) is 3.51. The highest BCUT2D eigenvalue weighted by Crippen LogP contribution is 2.34. The van der Waals surface area contributed by atoms with Crippen molar-refractivity contribution in [2.24, 2.45) is 5.10 Å². The molecule has 26 heavy (non-hydrogen) atoms. The van der Waals surface area contributed by atoms with Gasteiger partial charge in [0.05, 0.1) is 24.6 Å². The number of carbonyl (C=O) groups excluding carboxylic acids is 1. The minimum Gasteiger partial charge on any atom is -0.493 e. The van der Waals surface area contributed by atoms with Gasteiger partial charge in [0.2, 0.25) is 0 Å². The maximum absolute atomic E-state index is 12.7. The standard InChI is InChI=1S/C17H23F2N3O3S/c1-5-14-15(20-22(17(23)26-14)9-8-21(2)3)11-6-7-12(24-4)13(10-11)25-16(18)19/h6-7,10,14,16H,5,8-9H2,1-4H3. The molecule has 1 unspecified atom stereocenters. The van der Waals surface area contributed by atoms with E-state index in [1.165, 1.54) is 29.9 Å². The summed E-state index contributed by atoms with van der Waals surface area (Å²) in [4.78, 5) is 14.2. The Hall–Kier alpha value is -1.87. The van der Waals surface area contributed by atoms with Crippen molar-refractivity contribution in [1.82, 2.24) is 9.91 Å². The zero-order valence-corrected chi connectivity index (χ0v) is 16.1. The van der Waals surface area contributed by atoms with Gasteiger partial charge in [-0.25, -0.2) is 5.01 Å². The van der Waals surface area contributed by atoms with E-state index in [1.807, 2.05) is 25.9 Å². The average molecular weight is 387 g/mol. The monoisotopic (exact) mass is 387 g/mol. The van der Waals surface area contributed by atoms with Gasteiger partial charge in [0, 0.05) is 12.1 Å². The minimum atomic E-state index is -2.96. The fourth-order valence-electron chi connectivity index (χ4n) is 2.45. The number of halogens is 2. The lowest BCUT2D eigenvalue weighted by molar-refractivity contribution is -0.0512. The summed E-state index contributed by atoms with van der Waals surface area (Å²) in [5.74, 6) is 0.158. The zero-order valence-electron chi connectivity index (χ0n) is 15.2. The lowest BCUT2D eigenvalue weighted by atomic mass is 10.0. The number of hydrazone groups is 1. The van der Waals surface area contributed by atoms with Crippen LogP contribution in [0.3, 0.4) is 0 Å². The van der Waals surface area contributed by atoms with Crippen molar-refractivity contribution in [3.8, 4) is 11.5 Å². The predicted molar refractivity (Wildman–Crippen MR) is 98.5 cm³/mol. The number of alkyl halides is 2. The van der Waals surface area contributed by atoms with E-state index in [9.17, 15) is 13.6 Å². The Morgan fingerprint density at radius 2 is 2.08 bits per heavy atom. The normalized spacial score (nSPS) is 17.7. The van der Waals surface area contributed by atoms with E-state index in [1.54, 1.807) is 12.1 Å². The van der Waals surface area contributed by atoms with Gasteiger partial charge in [-0.05, 0) is 38.7 Å². The van der Waals surface area contributed by atoms with Gasteiger partial charge in [0.25, 0.3) is 0 Å². The quantitative estimate of drug-likeness (QED) is 0.683. The van der Waals surface area contributed by atoms with Crippen LogP contribution in [-0.4, -0.2) is 67.0 Å². The van der Waals surface area contributed by atoms with Crippen molar-refractivity contribution >= 4 is 22.7 Å². The highest BCUT2D eigenvalue weighted by Gasteiger charge is 2.30. The fourth-order valence-corrected chi connectivity index (χ4v) is 3.41. The molecule has 1 heterocycles. The van der Waals surface area contributed by atoms with Crippen molar-refractivity contribution in [2.75, 3.05) is 34.3 Å². The summed E-state index contributed by atoms with van der Waals surface area (Å²) in [7, 11) is 5.22. The lowest BCUT2D eigenvalue weighted by Gasteiger charge is -2.29. The molecule has 0 spiro atoms. The second kappa shape index (κ2) is 9.18. The third-order valence-corrected chi connectivity index (χ3v) is 5.05. The van der Waals surface area contributed by atoms with Crippen LogP contribution in [0.5, 0.6) is 11.5 Å². The van der Waals surface area contributed by atoms with E-state index in [2.05, 4.69) is 9.84 Å². The molecule has 1 aliphatic rings. The maximum atomic E-state index is 12.7. The first kappa shape index (κ1) is 20.4. The van der Waals surface area contributed by atoms with E-state index in [-0.39, 0.29) is 22.0 Å². The Kier molecular flexibility index (Phi) is 7.22. The summed E-state index contributed by atoms with van der Waals surface area (Å²) < 4.78 is 35.0. The molecule has 0 saturated heterocycles. The van der Waals surface area contributed by atoms with Crippen LogP contribution in [0.25, 0.3) is 0 Å². The molecule has 0 aliphatic carbocycles. The second-order valence-corrected chi connectivity index (χ2v) is 7.09. The van der Waals surface area contributed by atoms with Crippen molar-refractivity contribution in [1.29, 1.82) is 0 Å². The van der Waals surface area contributed by atoms with Crippen LogP contribution in [0.15, 0.2) is 23.3 Å². The summed E-state index contributed by atoms with van der Waals surface area (Å²) in [5.41, 5.74) is 1.29. The molecule has 1 amide bonds. The van der Waals surface area contributed by atoms with Gasteiger partial charge >= 0.3 is 11.9 Å². The van der Waals surface area contributed by atoms with Crippen LogP contribution in [-0.2, 0) is 0 Å². The number of ether oxygens (including phenoxy) is 2. The molecular weight excluding hydrogens is 364 g/mol. The summed E-state index contributed by atoms with van der Waals surface area (Å²) in [6.07, 6.45) is 0.688. The topological polar surface area (TPSA) is 54.4 Å². The van der Waals surface area contributed by atoms with Crippen molar-refractivity contribution < 1.29 is 23.0 Å². The Bertz CT molecular complexity index is 671. The molecule has 1 aromatic carbocycles. The second-order valence-electron chi connectivity index (χ2n) is 5.94. The van der Waals surface area contributed by atoms with E-state index < -0.39 is 6.61 Å². The molecule has 144 valence electrons. The van der Waals surface area contributed by atoms with Gasteiger partial charge in [0.15, 0.2) is 11.5 Å². The number of rotatable bonds is 8. The summed E-state index contributed by atoms with van der Waals surface area (Å²) in [5, 5.41) is 5.66. The molecule has 0 radical (unpaired) electrons. The molecule has 1 atom stereocenters. The van der Waals surface area contributed by atoms with Crippen LogP contribution < -0.4 is 9.47 Å². The van der Waals surface area contributed by atoms with Gasteiger partial charge in [-0.2, -0.15) is 13.9 Å². The number of hydrogen-bond donors (Lipinski definition) is 0. The molecule has 1 aromatic rings. The van der Waals surface area contributed by atoms with E-state index in [0.717, 1.165) is 0 Å². The number of hydrogen-bond acceptors (Lipinski definition) is 6.